The molecule has 0 aromatic heterocycles. The lowest BCUT2D eigenvalue weighted by Gasteiger charge is -2.50. The van der Waals surface area contributed by atoms with Crippen molar-refractivity contribution in [2.24, 2.45) is 17.8 Å². The Hall–Kier alpha value is -3.27. The van der Waals surface area contributed by atoms with E-state index in [1.807, 2.05) is 6.08 Å². The van der Waals surface area contributed by atoms with Gasteiger partial charge in [0.05, 0.1) is 24.1 Å². The topological polar surface area (TPSA) is 104 Å². The fourth-order valence-corrected chi connectivity index (χ4v) is 7.83. The summed E-state index contributed by atoms with van der Waals surface area (Å²) in [6.45, 7) is -0.303. The van der Waals surface area contributed by atoms with Crippen molar-refractivity contribution in [3.8, 4) is 5.75 Å². The van der Waals surface area contributed by atoms with E-state index in [2.05, 4.69) is 0 Å². The van der Waals surface area contributed by atoms with Gasteiger partial charge in [-0.15, -0.1) is 23.2 Å². The smallest absolute Gasteiger partial charge is 0.258 e. The van der Waals surface area contributed by atoms with Gasteiger partial charge in [-0.3, -0.25) is 24.1 Å². The molecule has 0 radical (unpaired) electrons. The Morgan fingerprint density at radius 1 is 1.00 bits per heavy atom. The number of para-hydroxylation sites is 1. The first kappa shape index (κ1) is 26.9. The largest absolute Gasteiger partial charge is 0.491 e. The number of ether oxygens (including phenoxy) is 1. The van der Waals surface area contributed by atoms with Gasteiger partial charge in [0.2, 0.25) is 11.8 Å². The zero-order chi connectivity index (χ0) is 28.6. The van der Waals surface area contributed by atoms with Crippen molar-refractivity contribution in [2.75, 3.05) is 25.2 Å². The fraction of sp³-hybridized carbons (Fsp3) is 0.379. The van der Waals surface area contributed by atoms with E-state index >= 15 is 0 Å². The highest BCUT2D eigenvalue weighted by Crippen LogP contribution is 2.66. The number of allylic oxidation sites excluding steroid dienone is 2. The molecular weight excluding hydrogens is 562 g/mol. The summed E-state index contributed by atoms with van der Waals surface area (Å²) in [7, 11) is 1.43. The van der Waals surface area contributed by atoms with E-state index in [1.54, 1.807) is 24.3 Å². The van der Waals surface area contributed by atoms with Crippen LogP contribution in [0.2, 0.25) is 0 Å². The number of benzene rings is 2. The van der Waals surface area contributed by atoms with Gasteiger partial charge in [0.25, 0.3) is 11.8 Å². The number of hydrogen-bond acceptors (Lipinski definition) is 6. The zero-order valence-electron chi connectivity index (χ0n) is 21.4. The third-order valence-electron chi connectivity index (χ3n) is 8.70. The highest BCUT2D eigenvalue weighted by molar-refractivity contribution is 6.58. The fourth-order valence-electron chi connectivity index (χ4n) is 6.91. The van der Waals surface area contributed by atoms with E-state index in [-0.39, 0.29) is 43.6 Å². The lowest BCUT2D eigenvalue weighted by Crippen LogP contribution is -2.60. The number of carbonyl (C=O) groups excluding carboxylic acids is 4. The summed E-state index contributed by atoms with van der Waals surface area (Å²) in [6.07, 6.45) is 1.94. The van der Waals surface area contributed by atoms with Crippen LogP contribution in [0.4, 0.5) is 10.1 Å². The molecule has 1 N–H and O–H groups in total. The van der Waals surface area contributed by atoms with Crippen LogP contribution in [0.15, 0.2) is 60.2 Å². The summed E-state index contributed by atoms with van der Waals surface area (Å²) >= 11 is 14.6. The second-order valence-corrected chi connectivity index (χ2v) is 11.8. The zero-order valence-corrected chi connectivity index (χ0v) is 22.9. The van der Waals surface area contributed by atoms with E-state index in [1.165, 1.54) is 19.2 Å². The van der Waals surface area contributed by atoms with Crippen molar-refractivity contribution in [3.63, 3.8) is 0 Å². The third-order valence-corrected chi connectivity index (χ3v) is 10.1. The molecule has 2 aliphatic heterocycles. The van der Waals surface area contributed by atoms with Crippen LogP contribution < -0.4 is 9.64 Å². The number of halogens is 3. The van der Waals surface area contributed by atoms with Gasteiger partial charge in [0.1, 0.15) is 18.2 Å². The van der Waals surface area contributed by atoms with Crippen molar-refractivity contribution >= 4 is 52.5 Å². The number of aliphatic hydroxyl groups is 1. The number of hydrogen-bond donors (Lipinski definition) is 1. The highest BCUT2D eigenvalue weighted by Gasteiger charge is 2.76. The van der Waals surface area contributed by atoms with E-state index in [4.69, 9.17) is 27.9 Å². The minimum Gasteiger partial charge on any atom is -0.491 e. The van der Waals surface area contributed by atoms with E-state index in [0.717, 1.165) is 21.9 Å². The molecule has 4 amide bonds. The van der Waals surface area contributed by atoms with Crippen LogP contribution in [0.3, 0.4) is 0 Å². The molecule has 11 heteroatoms. The number of alkyl halides is 2. The van der Waals surface area contributed by atoms with Crippen LogP contribution in [-0.2, 0) is 19.2 Å². The second-order valence-electron chi connectivity index (χ2n) is 10.6. The summed E-state index contributed by atoms with van der Waals surface area (Å²) < 4.78 is 19.5. The first-order valence-electron chi connectivity index (χ1n) is 12.9. The molecule has 2 aromatic carbocycles. The molecule has 0 spiro atoms. The van der Waals surface area contributed by atoms with E-state index < -0.39 is 51.1 Å². The molecule has 2 aliphatic carbocycles. The molecule has 3 fully saturated rings. The van der Waals surface area contributed by atoms with Gasteiger partial charge in [-0.25, -0.2) is 9.29 Å². The van der Waals surface area contributed by atoms with Crippen molar-refractivity contribution in [1.82, 2.24) is 4.90 Å². The number of fused-ring (bicyclic) bond motifs is 4. The predicted molar refractivity (Wildman–Crippen MR) is 143 cm³/mol. The average Bonchev–Trinajstić information content (AvgIpc) is 3.26. The Morgan fingerprint density at radius 2 is 1.70 bits per heavy atom. The lowest BCUT2D eigenvalue weighted by atomic mass is 9.56. The first-order valence-corrected chi connectivity index (χ1v) is 13.7. The average molecular weight is 587 g/mol. The molecule has 6 atom stereocenters. The van der Waals surface area contributed by atoms with E-state index in [9.17, 15) is 28.7 Å². The van der Waals surface area contributed by atoms with Gasteiger partial charge in [0.15, 0.2) is 9.75 Å². The van der Waals surface area contributed by atoms with Crippen molar-refractivity contribution in [3.05, 3.63) is 71.6 Å². The SMILES string of the molecule is CN1C(=O)C2CC=C3C(CC4(Cl)C(=O)N(c5ccc(F)cc5)C(=O)C4(Cl)C3c3ccccc3OCCO)C2C1=O. The monoisotopic (exact) mass is 586 g/mol. The van der Waals surface area contributed by atoms with Crippen LogP contribution in [0.5, 0.6) is 5.75 Å². The number of aliphatic hydroxyl groups excluding tert-OH is 1. The standard InChI is InChI=1S/C29H25Cl2FN2O6/c1-33-24(36)19-11-10-17-20(22(19)25(33)37)14-28(30)26(38)34(16-8-6-15(32)7-9-16)27(39)29(28,31)23(17)18-4-2-3-5-21(18)40-13-12-35/h2-10,19-20,22-23,35H,11-14H2,1H3. The maximum Gasteiger partial charge on any atom is 0.258 e. The minimum absolute atomic E-state index is 0.0371. The van der Waals surface area contributed by atoms with Crippen LogP contribution >= 0.6 is 23.2 Å². The van der Waals surface area contributed by atoms with Crippen molar-refractivity contribution < 1.29 is 33.4 Å². The van der Waals surface area contributed by atoms with E-state index in [0.29, 0.717) is 16.9 Å². The number of amides is 4. The molecule has 40 heavy (non-hydrogen) atoms. The highest BCUT2D eigenvalue weighted by atomic mass is 35.5. The molecule has 6 rings (SSSR count). The van der Waals surface area contributed by atoms with Gasteiger partial charge in [-0.2, -0.15) is 0 Å². The van der Waals surface area contributed by atoms with Gasteiger partial charge in [-0.05, 0) is 49.1 Å². The molecule has 2 heterocycles. The maximum absolute atomic E-state index is 14.3. The first-order chi connectivity index (χ1) is 19.1. The predicted octanol–water partition coefficient (Wildman–Crippen LogP) is 3.39. The van der Waals surface area contributed by atoms with Gasteiger partial charge >= 0.3 is 0 Å². The van der Waals surface area contributed by atoms with Gasteiger partial charge in [0, 0.05) is 18.5 Å². The quantitative estimate of drug-likeness (QED) is 0.327. The molecule has 2 saturated heterocycles. The second kappa shape index (κ2) is 9.39. The number of rotatable bonds is 5. The van der Waals surface area contributed by atoms with Crippen molar-refractivity contribution in [2.45, 2.75) is 28.5 Å². The Morgan fingerprint density at radius 3 is 2.40 bits per heavy atom. The Labute approximate surface area is 239 Å². The number of nitrogens with zero attached hydrogens (tertiary/aromatic N) is 2. The van der Waals surface area contributed by atoms with Gasteiger partial charge < -0.3 is 9.84 Å². The normalized spacial score (nSPS) is 33.1. The number of carbonyl (C=O) groups is 4. The maximum atomic E-state index is 14.3. The molecule has 1 saturated carbocycles. The lowest BCUT2D eigenvalue weighted by molar-refractivity contribution is -0.138. The summed E-state index contributed by atoms with van der Waals surface area (Å²) in [5, 5.41) is 9.41. The Balaban J connectivity index is 1.58. The van der Waals surface area contributed by atoms with Crippen LogP contribution in [0.25, 0.3) is 0 Å². The molecule has 8 nitrogen and oxygen atoms in total. The Kier molecular flexibility index (Phi) is 6.32. The van der Waals surface area contributed by atoms with Crippen molar-refractivity contribution in [1.29, 1.82) is 0 Å². The Bertz CT molecular complexity index is 1480. The molecular formula is C29H25Cl2FN2O6. The molecule has 4 aliphatic rings. The number of likely N-dealkylation sites (tertiary alicyclic amines) is 1. The molecule has 2 aromatic rings. The summed E-state index contributed by atoms with van der Waals surface area (Å²) in [6, 6.07) is 11.7. The number of anilines is 1. The molecule has 208 valence electrons. The third kappa shape index (κ3) is 3.47. The van der Waals surface area contributed by atoms with Crippen LogP contribution in [-0.4, -0.2) is 63.6 Å². The molecule has 0 bridgehead atoms. The number of imide groups is 2. The molecule has 6 unspecified atom stereocenters. The minimum atomic E-state index is -2.05. The van der Waals surface area contributed by atoms with Crippen LogP contribution in [0, 0.1) is 23.6 Å². The summed E-state index contributed by atoms with van der Waals surface area (Å²) in [4.78, 5) is 52.6. The summed E-state index contributed by atoms with van der Waals surface area (Å²) in [5.41, 5.74) is 1.19. The van der Waals surface area contributed by atoms with Crippen LogP contribution in [0.1, 0.15) is 24.3 Å². The van der Waals surface area contributed by atoms with Gasteiger partial charge in [-0.1, -0.05) is 29.8 Å². The summed E-state index contributed by atoms with van der Waals surface area (Å²) in [5.74, 6) is -5.53.